The zero-order valence-corrected chi connectivity index (χ0v) is 10.2. The lowest BCUT2D eigenvalue weighted by Crippen LogP contribution is -2.46. The Morgan fingerprint density at radius 2 is 1.74 bits per heavy atom. The average molecular weight is 289 g/mol. The van der Waals surface area contributed by atoms with Crippen molar-refractivity contribution in [1.29, 1.82) is 0 Å². The SMILES string of the molecule is CCNC(c1ccnn1C)C(C(F)(F)F)C(F)(F)F. The molecule has 0 bridgehead atoms. The van der Waals surface area contributed by atoms with Gasteiger partial charge in [0.05, 0.1) is 11.7 Å². The molecule has 1 rings (SSSR count). The molecule has 110 valence electrons. The van der Waals surface area contributed by atoms with Gasteiger partial charge in [0, 0.05) is 13.2 Å². The molecule has 0 aromatic carbocycles. The van der Waals surface area contributed by atoms with Gasteiger partial charge < -0.3 is 5.32 Å². The molecule has 0 aliphatic rings. The molecular formula is C10H13F6N3. The van der Waals surface area contributed by atoms with Crippen LogP contribution in [-0.4, -0.2) is 28.7 Å². The Balaban J connectivity index is 3.25. The van der Waals surface area contributed by atoms with Crippen LogP contribution in [0, 0.1) is 5.92 Å². The lowest BCUT2D eigenvalue weighted by Gasteiger charge is -2.31. The van der Waals surface area contributed by atoms with E-state index in [1.54, 1.807) is 0 Å². The third-order valence-corrected chi connectivity index (χ3v) is 2.64. The Morgan fingerprint density at radius 1 is 1.21 bits per heavy atom. The first kappa shape index (κ1) is 15.8. The number of hydrogen-bond acceptors (Lipinski definition) is 2. The number of rotatable bonds is 4. The number of nitrogens with zero attached hydrogens (tertiary/aromatic N) is 2. The van der Waals surface area contributed by atoms with Crippen LogP contribution >= 0.6 is 0 Å². The lowest BCUT2D eigenvalue weighted by atomic mass is 9.95. The molecule has 3 nitrogen and oxygen atoms in total. The van der Waals surface area contributed by atoms with Gasteiger partial charge in [-0.3, -0.25) is 4.68 Å². The van der Waals surface area contributed by atoms with E-state index < -0.39 is 24.3 Å². The van der Waals surface area contributed by atoms with Crippen molar-refractivity contribution in [2.75, 3.05) is 6.54 Å². The lowest BCUT2D eigenvalue weighted by molar-refractivity contribution is -0.293. The van der Waals surface area contributed by atoms with Gasteiger partial charge in [-0.2, -0.15) is 31.4 Å². The summed E-state index contributed by atoms with van der Waals surface area (Å²) in [4.78, 5) is 0. The molecule has 1 heterocycles. The van der Waals surface area contributed by atoms with Crippen LogP contribution in [0.5, 0.6) is 0 Å². The molecule has 0 radical (unpaired) electrons. The molecule has 1 aromatic heterocycles. The number of alkyl halides is 6. The van der Waals surface area contributed by atoms with E-state index in [0.717, 1.165) is 16.9 Å². The molecule has 1 atom stereocenters. The van der Waals surface area contributed by atoms with E-state index in [0.29, 0.717) is 0 Å². The fraction of sp³-hybridized carbons (Fsp3) is 0.700. The monoisotopic (exact) mass is 289 g/mol. The fourth-order valence-electron chi connectivity index (χ4n) is 1.87. The number of halogens is 6. The van der Waals surface area contributed by atoms with Gasteiger partial charge in [-0.05, 0) is 12.6 Å². The number of nitrogens with one attached hydrogen (secondary N) is 1. The van der Waals surface area contributed by atoms with Crippen molar-refractivity contribution >= 4 is 0 Å². The van der Waals surface area contributed by atoms with E-state index in [-0.39, 0.29) is 12.2 Å². The minimum atomic E-state index is -5.39. The Morgan fingerprint density at radius 3 is 2.05 bits per heavy atom. The van der Waals surface area contributed by atoms with Gasteiger partial charge in [-0.15, -0.1) is 0 Å². The zero-order valence-electron chi connectivity index (χ0n) is 10.2. The van der Waals surface area contributed by atoms with E-state index >= 15 is 0 Å². The highest BCUT2D eigenvalue weighted by molar-refractivity contribution is 5.10. The molecule has 9 heteroatoms. The van der Waals surface area contributed by atoms with Crippen molar-refractivity contribution in [3.05, 3.63) is 18.0 Å². The predicted octanol–water partition coefficient (Wildman–Crippen LogP) is 2.81. The quantitative estimate of drug-likeness (QED) is 0.864. The van der Waals surface area contributed by atoms with Gasteiger partial charge >= 0.3 is 12.4 Å². The molecule has 1 aromatic rings. The smallest absolute Gasteiger partial charge is 0.308 e. The molecule has 1 unspecified atom stereocenters. The summed E-state index contributed by atoms with van der Waals surface area (Å²) in [5, 5.41) is 5.85. The maximum atomic E-state index is 12.7. The van der Waals surface area contributed by atoms with Gasteiger partial charge in [-0.25, -0.2) is 0 Å². The van der Waals surface area contributed by atoms with Crippen LogP contribution in [-0.2, 0) is 7.05 Å². The van der Waals surface area contributed by atoms with Crippen LogP contribution in [0.25, 0.3) is 0 Å². The molecule has 0 spiro atoms. The maximum Gasteiger partial charge on any atom is 0.402 e. The Hall–Kier alpha value is -1.25. The van der Waals surface area contributed by atoms with Crippen LogP contribution in [0.1, 0.15) is 18.7 Å². The van der Waals surface area contributed by atoms with Crippen LogP contribution in [0.3, 0.4) is 0 Å². The standard InChI is InChI=1S/C10H13F6N3/c1-3-17-7(6-4-5-18-19(6)2)8(9(11,12)13)10(14,15)16/h4-5,7-8,17H,3H2,1-2H3. The summed E-state index contributed by atoms with van der Waals surface area (Å²) in [5.74, 6) is -3.48. The summed E-state index contributed by atoms with van der Waals surface area (Å²) < 4.78 is 77.3. The summed E-state index contributed by atoms with van der Waals surface area (Å²) in [6, 6.07) is -0.782. The summed E-state index contributed by atoms with van der Waals surface area (Å²) in [6.45, 7) is 1.41. The van der Waals surface area contributed by atoms with Crippen LogP contribution in [0.2, 0.25) is 0 Å². The maximum absolute atomic E-state index is 12.7. The molecule has 0 aliphatic carbocycles. The van der Waals surface area contributed by atoms with Gasteiger partial charge in [-0.1, -0.05) is 6.92 Å². The average Bonchev–Trinajstić information content (AvgIpc) is 2.59. The van der Waals surface area contributed by atoms with E-state index in [4.69, 9.17) is 0 Å². The Kier molecular flexibility index (Phi) is 4.49. The third-order valence-electron chi connectivity index (χ3n) is 2.64. The molecule has 19 heavy (non-hydrogen) atoms. The number of hydrogen-bond donors (Lipinski definition) is 1. The van der Waals surface area contributed by atoms with E-state index in [1.165, 1.54) is 14.0 Å². The van der Waals surface area contributed by atoms with Crippen molar-refractivity contribution < 1.29 is 26.3 Å². The first-order valence-corrected chi connectivity index (χ1v) is 5.43. The minimum Gasteiger partial charge on any atom is -0.308 e. The first-order valence-electron chi connectivity index (χ1n) is 5.43. The van der Waals surface area contributed by atoms with Crippen LogP contribution < -0.4 is 5.32 Å². The normalized spacial score (nSPS) is 15.0. The van der Waals surface area contributed by atoms with Crippen molar-refractivity contribution in [2.45, 2.75) is 25.3 Å². The topological polar surface area (TPSA) is 29.9 Å². The molecule has 0 fully saturated rings. The summed E-state index contributed by atoms with van der Waals surface area (Å²) >= 11 is 0. The van der Waals surface area contributed by atoms with Crippen LogP contribution in [0.15, 0.2) is 12.3 Å². The number of aryl methyl sites for hydroxylation is 1. The van der Waals surface area contributed by atoms with Crippen molar-refractivity contribution in [1.82, 2.24) is 15.1 Å². The van der Waals surface area contributed by atoms with Gasteiger partial charge in [0.2, 0.25) is 0 Å². The van der Waals surface area contributed by atoms with Gasteiger partial charge in [0.1, 0.15) is 0 Å². The highest BCUT2D eigenvalue weighted by atomic mass is 19.4. The molecule has 1 N–H and O–H groups in total. The van der Waals surface area contributed by atoms with Crippen molar-refractivity contribution in [3.63, 3.8) is 0 Å². The van der Waals surface area contributed by atoms with E-state index in [9.17, 15) is 26.3 Å². The van der Waals surface area contributed by atoms with Crippen molar-refractivity contribution in [3.8, 4) is 0 Å². The van der Waals surface area contributed by atoms with Crippen LogP contribution in [0.4, 0.5) is 26.3 Å². The zero-order chi connectivity index (χ0) is 14.8. The molecule has 0 amide bonds. The largest absolute Gasteiger partial charge is 0.402 e. The second-order valence-corrected chi connectivity index (χ2v) is 3.98. The first-order chi connectivity index (χ1) is 8.59. The van der Waals surface area contributed by atoms with Crippen molar-refractivity contribution in [2.24, 2.45) is 13.0 Å². The number of aromatic nitrogens is 2. The third kappa shape index (κ3) is 3.62. The summed E-state index contributed by atoms with van der Waals surface area (Å²) in [7, 11) is 1.30. The second-order valence-electron chi connectivity index (χ2n) is 3.98. The van der Waals surface area contributed by atoms with E-state index in [1.807, 2.05) is 0 Å². The minimum absolute atomic E-state index is 0.0293. The molecule has 0 saturated heterocycles. The Bertz CT molecular complexity index is 394. The van der Waals surface area contributed by atoms with Gasteiger partial charge in [0.25, 0.3) is 0 Å². The predicted molar refractivity (Wildman–Crippen MR) is 55.2 cm³/mol. The van der Waals surface area contributed by atoms with Gasteiger partial charge in [0.15, 0.2) is 5.92 Å². The highest BCUT2D eigenvalue weighted by Crippen LogP contribution is 2.46. The second kappa shape index (κ2) is 5.40. The summed E-state index contributed by atoms with van der Waals surface area (Å²) in [6.07, 6.45) is -9.63. The molecule has 0 aliphatic heterocycles. The fourth-order valence-corrected chi connectivity index (χ4v) is 1.87. The molecule has 0 saturated carbocycles. The van der Waals surface area contributed by atoms with E-state index in [2.05, 4.69) is 10.4 Å². The summed E-state index contributed by atoms with van der Waals surface area (Å²) in [5.41, 5.74) is -0.165. The molecular weight excluding hydrogens is 276 g/mol. The highest BCUT2D eigenvalue weighted by Gasteiger charge is 2.60. The Labute approximate surface area is 105 Å².